The van der Waals surface area contributed by atoms with E-state index in [2.05, 4.69) is 0 Å². The van der Waals surface area contributed by atoms with Crippen molar-refractivity contribution in [3.8, 4) is 0 Å². The molecule has 0 amide bonds. The van der Waals surface area contributed by atoms with E-state index in [1.807, 2.05) is 22.6 Å². The fourth-order valence-corrected chi connectivity index (χ4v) is 1.87. The minimum absolute atomic E-state index is 0.0990. The lowest BCUT2D eigenvalue weighted by molar-refractivity contribution is 0.236. The molecule has 4 nitrogen and oxygen atoms in total. The molecule has 1 aromatic carbocycles. The normalized spacial score (nSPS) is 14.1. The first-order valence-electron chi connectivity index (χ1n) is 3.29. The first-order valence-corrected chi connectivity index (χ1v) is 5.84. The number of halogens is 1. The molecule has 0 heterocycles. The number of hydrogen-bond acceptors (Lipinski definition) is 4. The summed E-state index contributed by atoms with van der Waals surface area (Å²) in [7, 11) is -4.67. The second kappa shape index (κ2) is 3.91. The van der Waals surface area contributed by atoms with Crippen molar-refractivity contribution in [3.63, 3.8) is 0 Å². The van der Waals surface area contributed by atoms with E-state index >= 15 is 0 Å². The van der Waals surface area contributed by atoms with Gasteiger partial charge in [-0.1, -0.05) is 12.1 Å². The zero-order chi connectivity index (χ0) is 10.1. The molecule has 0 aliphatic rings. The van der Waals surface area contributed by atoms with Crippen LogP contribution in [0.15, 0.2) is 24.3 Å². The molecule has 6 heteroatoms. The van der Waals surface area contributed by atoms with Gasteiger partial charge in [0.15, 0.2) is 5.44 Å². The molecule has 1 aromatic rings. The van der Waals surface area contributed by atoms with E-state index in [-0.39, 0.29) is 5.56 Å². The smallest absolute Gasteiger partial charge is 0.168 e. The van der Waals surface area contributed by atoms with Crippen LogP contribution in [0.3, 0.4) is 0 Å². The van der Waals surface area contributed by atoms with Crippen molar-refractivity contribution >= 4 is 32.7 Å². The molecule has 1 rings (SSSR count). The highest BCUT2D eigenvalue weighted by Gasteiger charge is 2.14. The van der Waals surface area contributed by atoms with Gasteiger partial charge in [0.25, 0.3) is 0 Å². The fraction of sp³-hybridized carbons (Fsp3) is 0.143. The van der Waals surface area contributed by atoms with Gasteiger partial charge in [-0.2, -0.15) is 0 Å². The van der Waals surface area contributed by atoms with Crippen LogP contribution in [0.25, 0.3) is 0 Å². The molecule has 0 fully saturated rings. The maximum absolute atomic E-state index is 10.4. The van der Waals surface area contributed by atoms with Gasteiger partial charge in [0.1, 0.15) is 10.1 Å². The molecular weight excluding hydrogens is 307 g/mol. The molecule has 0 aliphatic carbocycles. The molecule has 1 atom stereocenters. The summed E-state index contributed by atoms with van der Waals surface area (Å²) in [6.07, 6.45) is 0. The Bertz CT molecular complexity index is 401. The zero-order valence-corrected chi connectivity index (χ0v) is 9.32. The monoisotopic (exact) mass is 313 g/mol. The molecule has 0 bridgehead atoms. The first kappa shape index (κ1) is 10.9. The predicted molar refractivity (Wildman–Crippen MR) is 53.8 cm³/mol. The second-order valence-corrected chi connectivity index (χ2v) is 5.08. The standard InChI is InChI=1S/C7H7IO4S/c8-6-3-1-2-5(4-6)7(9)13(10,11)12/h1-4,7,9H,(H,10,11,12)/p-1/t7-/m1/s1. The molecule has 0 unspecified atom stereocenters. The van der Waals surface area contributed by atoms with Crippen LogP contribution in [0.2, 0.25) is 0 Å². The van der Waals surface area contributed by atoms with Gasteiger partial charge in [0, 0.05) is 3.57 Å². The highest BCUT2D eigenvalue weighted by molar-refractivity contribution is 14.1. The quantitative estimate of drug-likeness (QED) is 0.648. The Labute approximate surface area is 89.5 Å². The van der Waals surface area contributed by atoms with Gasteiger partial charge in [-0.05, 0) is 40.3 Å². The molecule has 0 saturated carbocycles. The summed E-state index contributed by atoms with van der Waals surface area (Å²) in [5, 5.41) is 9.08. The Balaban J connectivity index is 3.10. The van der Waals surface area contributed by atoms with Crippen LogP contribution < -0.4 is 0 Å². The zero-order valence-electron chi connectivity index (χ0n) is 6.34. The van der Waals surface area contributed by atoms with Crippen LogP contribution in [0.5, 0.6) is 0 Å². The van der Waals surface area contributed by atoms with Gasteiger partial charge < -0.3 is 9.66 Å². The van der Waals surface area contributed by atoms with Crippen molar-refractivity contribution in [3.05, 3.63) is 33.4 Å². The van der Waals surface area contributed by atoms with Crippen molar-refractivity contribution < 1.29 is 18.1 Å². The van der Waals surface area contributed by atoms with Gasteiger partial charge in [-0.3, -0.25) is 0 Å². The molecule has 0 radical (unpaired) electrons. The van der Waals surface area contributed by atoms with E-state index in [9.17, 15) is 13.0 Å². The van der Waals surface area contributed by atoms with Crippen LogP contribution in [-0.4, -0.2) is 18.1 Å². The Morgan fingerprint density at radius 1 is 1.46 bits per heavy atom. The van der Waals surface area contributed by atoms with E-state index in [1.54, 1.807) is 12.1 Å². The molecule has 72 valence electrons. The third kappa shape index (κ3) is 2.90. The third-order valence-corrected chi connectivity index (χ3v) is 2.90. The Kier molecular flexibility index (Phi) is 3.28. The van der Waals surface area contributed by atoms with E-state index in [1.165, 1.54) is 12.1 Å². The molecule has 13 heavy (non-hydrogen) atoms. The van der Waals surface area contributed by atoms with Crippen molar-refractivity contribution in [1.29, 1.82) is 0 Å². The summed E-state index contributed by atoms with van der Waals surface area (Å²) in [6.45, 7) is 0. The average molecular weight is 313 g/mol. The van der Waals surface area contributed by atoms with Crippen LogP contribution in [0.4, 0.5) is 0 Å². The number of benzene rings is 1. The van der Waals surface area contributed by atoms with Crippen molar-refractivity contribution in [2.45, 2.75) is 5.44 Å². The predicted octanol–water partition coefficient (Wildman–Crippen LogP) is 0.827. The number of rotatable bonds is 2. The molecule has 1 N–H and O–H groups in total. The lowest BCUT2D eigenvalue weighted by atomic mass is 10.2. The summed E-state index contributed by atoms with van der Waals surface area (Å²) in [4.78, 5) is 0. The topological polar surface area (TPSA) is 77.4 Å². The number of aliphatic hydroxyl groups is 1. The molecular formula is C7H6IO4S-. The highest BCUT2D eigenvalue weighted by Crippen LogP contribution is 2.19. The summed E-state index contributed by atoms with van der Waals surface area (Å²) < 4.78 is 32.1. The molecule has 0 spiro atoms. The van der Waals surface area contributed by atoms with Gasteiger partial charge in [0.05, 0.1) is 0 Å². The van der Waals surface area contributed by atoms with Gasteiger partial charge in [0.2, 0.25) is 0 Å². The average Bonchev–Trinajstić information content (AvgIpc) is 2.01. The maximum atomic E-state index is 10.4. The van der Waals surface area contributed by atoms with Crippen LogP contribution >= 0.6 is 22.6 Å². The summed E-state index contributed by atoms with van der Waals surface area (Å²) in [6, 6.07) is 6.14. The van der Waals surface area contributed by atoms with Crippen molar-refractivity contribution in [2.75, 3.05) is 0 Å². The van der Waals surface area contributed by atoms with E-state index in [4.69, 9.17) is 5.11 Å². The second-order valence-electron chi connectivity index (χ2n) is 2.40. The summed E-state index contributed by atoms with van der Waals surface area (Å²) >= 11 is 1.96. The van der Waals surface area contributed by atoms with Crippen molar-refractivity contribution in [1.82, 2.24) is 0 Å². The van der Waals surface area contributed by atoms with Gasteiger partial charge in [-0.25, -0.2) is 8.42 Å². The van der Waals surface area contributed by atoms with Crippen LogP contribution in [0, 0.1) is 3.57 Å². The van der Waals surface area contributed by atoms with Gasteiger partial charge >= 0.3 is 0 Å². The van der Waals surface area contributed by atoms with Crippen molar-refractivity contribution in [2.24, 2.45) is 0 Å². The highest BCUT2D eigenvalue weighted by atomic mass is 127. The molecule has 0 aliphatic heterocycles. The molecule has 0 saturated heterocycles. The Hall–Kier alpha value is -0.180. The number of aliphatic hydroxyl groups excluding tert-OH is 1. The first-order chi connectivity index (χ1) is 5.91. The van der Waals surface area contributed by atoms with Gasteiger partial charge in [-0.15, -0.1) is 0 Å². The summed E-state index contributed by atoms with van der Waals surface area (Å²) in [5.41, 5.74) is -1.87. The lowest BCUT2D eigenvalue weighted by Gasteiger charge is -2.14. The largest absolute Gasteiger partial charge is 0.746 e. The fourth-order valence-electron chi connectivity index (χ4n) is 0.827. The SMILES string of the molecule is O=S(=O)([O-])[C@@H](O)c1cccc(I)c1. The summed E-state index contributed by atoms with van der Waals surface area (Å²) in [5.74, 6) is 0. The third-order valence-electron chi connectivity index (χ3n) is 1.41. The van der Waals surface area contributed by atoms with Crippen LogP contribution in [-0.2, 0) is 10.1 Å². The van der Waals surface area contributed by atoms with E-state index in [0.29, 0.717) is 0 Å². The molecule has 0 aromatic heterocycles. The van der Waals surface area contributed by atoms with E-state index < -0.39 is 15.6 Å². The minimum Gasteiger partial charge on any atom is -0.746 e. The van der Waals surface area contributed by atoms with Crippen LogP contribution in [0.1, 0.15) is 11.0 Å². The maximum Gasteiger partial charge on any atom is 0.168 e. The Morgan fingerprint density at radius 2 is 2.08 bits per heavy atom. The Morgan fingerprint density at radius 3 is 2.54 bits per heavy atom. The minimum atomic E-state index is -4.67. The van der Waals surface area contributed by atoms with E-state index in [0.717, 1.165) is 3.57 Å². The lowest BCUT2D eigenvalue weighted by Crippen LogP contribution is -2.11. The number of hydrogen-bond donors (Lipinski definition) is 1.